The highest BCUT2D eigenvalue weighted by Gasteiger charge is 2.20. The van der Waals surface area contributed by atoms with Gasteiger partial charge < -0.3 is 10.2 Å². The van der Waals surface area contributed by atoms with E-state index in [1.165, 1.54) is 0 Å². The molecule has 0 aliphatic carbocycles. The fourth-order valence-corrected chi connectivity index (χ4v) is 2.41. The van der Waals surface area contributed by atoms with E-state index in [0.29, 0.717) is 5.02 Å². The second-order valence-electron chi connectivity index (χ2n) is 7.20. The first kappa shape index (κ1) is 20.5. The lowest BCUT2D eigenvalue weighted by molar-refractivity contribution is -0.133. The molecule has 0 bridgehead atoms. The van der Waals surface area contributed by atoms with Gasteiger partial charge in [-0.25, -0.2) is 0 Å². The number of hydrogen-bond acceptors (Lipinski definition) is 3. The smallest absolute Gasteiger partial charge is 0.236 e. The topological polar surface area (TPSA) is 52.7 Å². The Morgan fingerprint density at radius 3 is 2.17 bits per heavy atom. The summed E-state index contributed by atoms with van der Waals surface area (Å²) in [5, 5.41) is 3.56. The number of benzene rings is 1. The van der Waals surface area contributed by atoms with Crippen LogP contribution in [-0.2, 0) is 9.59 Å². The lowest BCUT2D eigenvalue weighted by Crippen LogP contribution is -2.47. The van der Waals surface area contributed by atoms with Crippen LogP contribution in [0.2, 0.25) is 5.02 Å². The Morgan fingerprint density at radius 1 is 1.12 bits per heavy atom. The number of carbonyl (C=O) groups is 2. The van der Waals surface area contributed by atoms with Crippen molar-refractivity contribution in [3.05, 3.63) is 34.9 Å². The minimum absolute atomic E-state index is 0.0384. The van der Waals surface area contributed by atoms with E-state index in [1.807, 2.05) is 52.0 Å². The summed E-state index contributed by atoms with van der Waals surface area (Å²) in [4.78, 5) is 27.7. The van der Waals surface area contributed by atoms with E-state index >= 15 is 0 Å². The van der Waals surface area contributed by atoms with Crippen LogP contribution in [0.1, 0.15) is 39.3 Å². The molecule has 1 aromatic carbocycles. The molecule has 5 nitrogen and oxygen atoms in total. The number of nitrogens with zero attached hydrogens (tertiary/aromatic N) is 2. The summed E-state index contributed by atoms with van der Waals surface area (Å²) in [6.45, 7) is 8.12. The highest BCUT2D eigenvalue weighted by atomic mass is 35.5. The van der Waals surface area contributed by atoms with Gasteiger partial charge in [-0.05, 0) is 52.4 Å². The fraction of sp³-hybridized carbons (Fsp3) is 0.556. The maximum absolute atomic E-state index is 12.4. The Morgan fingerprint density at radius 2 is 1.67 bits per heavy atom. The predicted octanol–water partition coefficient (Wildman–Crippen LogP) is 2.71. The third-order valence-corrected chi connectivity index (χ3v) is 3.91. The molecule has 1 atom stereocenters. The third kappa shape index (κ3) is 6.89. The van der Waals surface area contributed by atoms with Crippen molar-refractivity contribution >= 4 is 23.4 Å². The monoisotopic (exact) mass is 353 g/mol. The maximum Gasteiger partial charge on any atom is 0.236 e. The molecule has 1 unspecified atom stereocenters. The summed E-state index contributed by atoms with van der Waals surface area (Å²) in [5.74, 6) is -0.130. The Balaban J connectivity index is 2.56. The van der Waals surface area contributed by atoms with Gasteiger partial charge in [0.2, 0.25) is 11.8 Å². The number of likely N-dealkylation sites (N-methyl/N-ethyl adjacent to an activating group) is 2. The van der Waals surface area contributed by atoms with Gasteiger partial charge in [0.15, 0.2) is 0 Å². The number of halogens is 1. The molecule has 0 saturated heterocycles. The molecular weight excluding hydrogens is 326 g/mol. The highest BCUT2D eigenvalue weighted by Crippen LogP contribution is 2.20. The number of hydrogen-bond donors (Lipinski definition) is 1. The summed E-state index contributed by atoms with van der Waals surface area (Å²) < 4.78 is 0. The predicted molar refractivity (Wildman–Crippen MR) is 98.0 cm³/mol. The molecule has 0 aliphatic rings. The summed E-state index contributed by atoms with van der Waals surface area (Å²) in [7, 11) is 3.53. The molecule has 134 valence electrons. The molecule has 1 rings (SSSR count). The average Bonchev–Trinajstić information content (AvgIpc) is 2.44. The molecule has 6 heteroatoms. The number of carbonyl (C=O) groups excluding carboxylic acids is 2. The molecule has 0 aromatic heterocycles. The zero-order valence-electron chi connectivity index (χ0n) is 15.4. The highest BCUT2D eigenvalue weighted by molar-refractivity contribution is 6.30. The number of nitrogens with one attached hydrogen (secondary N) is 1. The van der Waals surface area contributed by atoms with Crippen molar-refractivity contribution in [2.45, 2.75) is 39.3 Å². The second-order valence-corrected chi connectivity index (χ2v) is 7.64. The first-order valence-corrected chi connectivity index (χ1v) is 8.38. The van der Waals surface area contributed by atoms with Crippen LogP contribution < -0.4 is 5.32 Å². The molecule has 24 heavy (non-hydrogen) atoms. The fourth-order valence-electron chi connectivity index (χ4n) is 2.28. The SMILES string of the molecule is CC(c1ccc(Cl)cc1)N(C)C(=O)CN(C)CC(=O)NC(C)(C)C. The molecule has 0 saturated carbocycles. The lowest BCUT2D eigenvalue weighted by atomic mass is 10.1. The van der Waals surface area contributed by atoms with Gasteiger partial charge in [0.1, 0.15) is 0 Å². The van der Waals surface area contributed by atoms with E-state index in [0.717, 1.165) is 5.56 Å². The first-order valence-electron chi connectivity index (χ1n) is 8.00. The Hall–Kier alpha value is -1.59. The summed E-state index contributed by atoms with van der Waals surface area (Å²) in [6, 6.07) is 7.39. The molecular formula is C18H28ClN3O2. The van der Waals surface area contributed by atoms with Gasteiger partial charge in [0.05, 0.1) is 19.1 Å². The van der Waals surface area contributed by atoms with Gasteiger partial charge in [-0.1, -0.05) is 23.7 Å². The van der Waals surface area contributed by atoms with Crippen LogP contribution in [0.15, 0.2) is 24.3 Å². The molecule has 0 fully saturated rings. The maximum atomic E-state index is 12.4. The van der Waals surface area contributed by atoms with Gasteiger partial charge in [0, 0.05) is 17.6 Å². The molecule has 0 spiro atoms. The molecule has 0 radical (unpaired) electrons. The van der Waals surface area contributed by atoms with Crippen molar-refractivity contribution in [3.63, 3.8) is 0 Å². The van der Waals surface area contributed by atoms with E-state index < -0.39 is 0 Å². The molecule has 1 N–H and O–H groups in total. The van der Waals surface area contributed by atoms with Crippen molar-refractivity contribution in [3.8, 4) is 0 Å². The van der Waals surface area contributed by atoms with E-state index in [-0.39, 0.29) is 36.5 Å². The minimum atomic E-state index is -0.276. The molecule has 0 aliphatic heterocycles. The zero-order chi connectivity index (χ0) is 18.5. The Labute approximate surface area is 150 Å². The Bertz CT molecular complexity index is 567. The Kier molecular flexibility index (Phi) is 7.24. The van der Waals surface area contributed by atoms with Gasteiger partial charge in [-0.2, -0.15) is 0 Å². The molecule has 2 amide bonds. The summed E-state index contributed by atoms with van der Waals surface area (Å²) in [6.07, 6.45) is 0. The summed E-state index contributed by atoms with van der Waals surface area (Å²) in [5.41, 5.74) is 0.741. The van der Waals surface area contributed by atoms with Crippen LogP contribution in [0.5, 0.6) is 0 Å². The number of amides is 2. The van der Waals surface area contributed by atoms with Crippen LogP contribution in [0, 0.1) is 0 Å². The minimum Gasteiger partial charge on any atom is -0.350 e. The standard InChI is InChI=1S/C18H28ClN3O2/c1-13(14-7-9-15(19)10-8-14)22(6)17(24)12-21(5)11-16(23)20-18(2,3)4/h7-10,13H,11-12H2,1-6H3,(H,20,23). The normalized spacial score (nSPS) is 12.8. The van der Waals surface area contributed by atoms with E-state index in [1.54, 1.807) is 23.9 Å². The first-order chi connectivity index (χ1) is 11.0. The van der Waals surface area contributed by atoms with E-state index in [9.17, 15) is 9.59 Å². The second kappa shape index (κ2) is 8.49. The molecule has 0 heterocycles. The van der Waals surface area contributed by atoms with Gasteiger partial charge in [-0.15, -0.1) is 0 Å². The van der Waals surface area contributed by atoms with Crippen molar-refractivity contribution < 1.29 is 9.59 Å². The van der Waals surface area contributed by atoms with Crippen molar-refractivity contribution in [1.82, 2.24) is 15.1 Å². The lowest BCUT2D eigenvalue weighted by Gasteiger charge is -2.28. The van der Waals surface area contributed by atoms with Crippen molar-refractivity contribution in [2.24, 2.45) is 0 Å². The van der Waals surface area contributed by atoms with E-state index in [4.69, 9.17) is 11.6 Å². The summed E-state index contributed by atoms with van der Waals surface area (Å²) >= 11 is 5.90. The number of rotatable bonds is 6. The third-order valence-electron chi connectivity index (χ3n) is 3.66. The van der Waals surface area contributed by atoms with Crippen molar-refractivity contribution in [1.29, 1.82) is 0 Å². The zero-order valence-corrected chi connectivity index (χ0v) is 16.1. The average molecular weight is 354 g/mol. The van der Waals surface area contributed by atoms with Gasteiger partial charge in [0.25, 0.3) is 0 Å². The van der Waals surface area contributed by atoms with Crippen LogP contribution in [-0.4, -0.2) is 54.3 Å². The van der Waals surface area contributed by atoms with Gasteiger partial charge in [-0.3, -0.25) is 14.5 Å². The van der Waals surface area contributed by atoms with Crippen LogP contribution >= 0.6 is 11.6 Å². The molecule has 1 aromatic rings. The van der Waals surface area contributed by atoms with E-state index in [2.05, 4.69) is 5.32 Å². The largest absolute Gasteiger partial charge is 0.350 e. The quantitative estimate of drug-likeness (QED) is 0.855. The van der Waals surface area contributed by atoms with Crippen LogP contribution in [0.3, 0.4) is 0 Å². The van der Waals surface area contributed by atoms with Gasteiger partial charge >= 0.3 is 0 Å². The van der Waals surface area contributed by atoms with Crippen molar-refractivity contribution in [2.75, 3.05) is 27.2 Å². The van der Waals surface area contributed by atoms with Crippen LogP contribution in [0.4, 0.5) is 0 Å². The van der Waals surface area contributed by atoms with Crippen LogP contribution in [0.25, 0.3) is 0 Å².